The molecule has 1 saturated heterocycles. The van der Waals surface area contributed by atoms with Crippen LogP contribution in [0.3, 0.4) is 0 Å². The Morgan fingerprint density at radius 2 is 1.85 bits per heavy atom. The lowest BCUT2D eigenvalue weighted by atomic mass is 10.1. The molecule has 1 fully saturated rings. The molecule has 1 aliphatic rings. The molecule has 20 heavy (non-hydrogen) atoms. The van der Waals surface area contributed by atoms with Gasteiger partial charge in [0.1, 0.15) is 6.04 Å². The third kappa shape index (κ3) is 3.51. The van der Waals surface area contributed by atoms with Gasteiger partial charge in [-0.3, -0.25) is 9.69 Å². The first-order chi connectivity index (χ1) is 9.76. The lowest BCUT2D eigenvalue weighted by Gasteiger charge is -2.39. The van der Waals surface area contributed by atoms with Crippen LogP contribution in [0.1, 0.15) is 19.8 Å². The Bertz CT molecular complexity index is 414. The van der Waals surface area contributed by atoms with Gasteiger partial charge in [0.2, 0.25) is 0 Å². The van der Waals surface area contributed by atoms with Crippen molar-refractivity contribution in [2.24, 2.45) is 0 Å². The highest BCUT2D eigenvalue weighted by atomic mass is 16.5. The zero-order valence-electron chi connectivity index (χ0n) is 12.4. The van der Waals surface area contributed by atoms with Crippen LogP contribution >= 0.6 is 0 Å². The number of hydrogen-bond donors (Lipinski definition) is 0. The minimum Gasteiger partial charge on any atom is -0.468 e. The number of piperazine rings is 1. The van der Waals surface area contributed by atoms with E-state index in [4.69, 9.17) is 4.74 Å². The molecule has 0 spiro atoms. The van der Waals surface area contributed by atoms with Gasteiger partial charge in [0.05, 0.1) is 7.11 Å². The topological polar surface area (TPSA) is 32.8 Å². The van der Waals surface area contributed by atoms with E-state index in [9.17, 15) is 4.79 Å². The van der Waals surface area contributed by atoms with Gasteiger partial charge in [0.15, 0.2) is 0 Å². The summed E-state index contributed by atoms with van der Waals surface area (Å²) in [7, 11) is 1.48. The fraction of sp³-hybridized carbons (Fsp3) is 0.562. The van der Waals surface area contributed by atoms with Gasteiger partial charge in [-0.05, 0) is 18.6 Å². The highest BCUT2D eigenvalue weighted by Crippen LogP contribution is 2.18. The van der Waals surface area contributed by atoms with E-state index in [1.807, 2.05) is 6.07 Å². The molecule has 0 amide bonds. The van der Waals surface area contributed by atoms with Gasteiger partial charge in [-0.1, -0.05) is 31.5 Å². The van der Waals surface area contributed by atoms with E-state index in [0.29, 0.717) is 0 Å². The van der Waals surface area contributed by atoms with E-state index >= 15 is 0 Å². The van der Waals surface area contributed by atoms with Gasteiger partial charge in [-0.2, -0.15) is 0 Å². The van der Waals surface area contributed by atoms with E-state index in [-0.39, 0.29) is 12.0 Å². The van der Waals surface area contributed by atoms with Crippen LogP contribution in [-0.2, 0) is 9.53 Å². The van der Waals surface area contributed by atoms with E-state index < -0.39 is 0 Å². The van der Waals surface area contributed by atoms with Gasteiger partial charge in [-0.15, -0.1) is 0 Å². The standard InChI is InChI=1S/C16H24N2O2/c1-3-7-15(16(19)20-2)18-12-10-17(11-13-18)14-8-5-4-6-9-14/h4-6,8-9,15H,3,7,10-13H2,1-2H3/t15-/m1/s1. The number of methoxy groups -OCH3 is 1. The zero-order valence-corrected chi connectivity index (χ0v) is 12.4. The smallest absolute Gasteiger partial charge is 0.323 e. The number of rotatable bonds is 5. The Labute approximate surface area is 121 Å². The van der Waals surface area contributed by atoms with Crippen molar-refractivity contribution in [3.8, 4) is 0 Å². The number of esters is 1. The molecule has 0 bridgehead atoms. The highest BCUT2D eigenvalue weighted by Gasteiger charge is 2.28. The lowest BCUT2D eigenvalue weighted by Crippen LogP contribution is -2.53. The molecule has 110 valence electrons. The molecule has 1 heterocycles. The molecule has 1 atom stereocenters. The second-order valence-corrected chi connectivity index (χ2v) is 5.19. The van der Waals surface area contributed by atoms with Crippen LogP contribution in [0.25, 0.3) is 0 Å². The van der Waals surface area contributed by atoms with Crippen molar-refractivity contribution in [1.29, 1.82) is 0 Å². The average molecular weight is 276 g/mol. The van der Waals surface area contributed by atoms with E-state index in [1.165, 1.54) is 12.8 Å². The van der Waals surface area contributed by atoms with Crippen molar-refractivity contribution in [1.82, 2.24) is 4.90 Å². The van der Waals surface area contributed by atoms with Crippen LogP contribution in [0.4, 0.5) is 5.69 Å². The summed E-state index contributed by atoms with van der Waals surface area (Å²) in [5.74, 6) is -0.0972. The summed E-state index contributed by atoms with van der Waals surface area (Å²) in [6, 6.07) is 10.4. The van der Waals surface area contributed by atoms with Crippen molar-refractivity contribution in [2.45, 2.75) is 25.8 Å². The maximum Gasteiger partial charge on any atom is 0.323 e. The average Bonchev–Trinajstić information content (AvgIpc) is 2.53. The molecule has 1 aromatic carbocycles. The van der Waals surface area contributed by atoms with Crippen LogP contribution in [0, 0.1) is 0 Å². The number of carbonyl (C=O) groups is 1. The molecule has 0 aliphatic carbocycles. The highest BCUT2D eigenvalue weighted by molar-refractivity contribution is 5.75. The maximum absolute atomic E-state index is 11.9. The molecule has 0 unspecified atom stereocenters. The number of hydrogen-bond acceptors (Lipinski definition) is 4. The molecule has 0 radical (unpaired) electrons. The van der Waals surface area contributed by atoms with Crippen LogP contribution in [0.15, 0.2) is 30.3 Å². The van der Waals surface area contributed by atoms with Crippen molar-refractivity contribution >= 4 is 11.7 Å². The largest absolute Gasteiger partial charge is 0.468 e. The number of para-hydroxylation sites is 1. The van der Waals surface area contributed by atoms with Crippen LogP contribution < -0.4 is 4.90 Å². The summed E-state index contributed by atoms with van der Waals surface area (Å²) in [5.41, 5.74) is 1.26. The molecule has 1 aromatic rings. The first kappa shape index (κ1) is 14.9. The normalized spacial score (nSPS) is 17.8. The predicted molar refractivity (Wildman–Crippen MR) is 80.9 cm³/mol. The SMILES string of the molecule is CCC[C@H](C(=O)OC)N1CCN(c2ccccc2)CC1. The first-order valence-electron chi connectivity index (χ1n) is 7.38. The number of carbonyl (C=O) groups excluding carboxylic acids is 1. The summed E-state index contributed by atoms with van der Waals surface area (Å²) in [5, 5.41) is 0. The number of anilines is 1. The van der Waals surface area contributed by atoms with Gasteiger partial charge in [0.25, 0.3) is 0 Å². The molecule has 0 aromatic heterocycles. The molecule has 0 N–H and O–H groups in total. The fourth-order valence-corrected chi connectivity index (χ4v) is 2.79. The van der Waals surface area contributed by atoms with Crippen molar-refractivity contribution in [2.75, 3.05) is 38.2 Å². The molecule has 1 aliphatic heterocycles. The van der Waals surface area contributed by atoms with Gasteiger partial charge < -0.3 is 9.64 Å². The van der Waals surface area contributed by atoms with Crippen LogP contribution in [0.2, 0.25) is 0 Å². The second kappa shape index (κ2) is 7.29. The Balaban J connectivity index is 1.94. The summed E-state index contributed by atoms with van der Waals surface area (Å²) in [6.45, 7) is 5.85. The van der Waals surface area contributed by atoms with Crippen LogP contribution in [0.5, 0.6) is 0 Å². The third-order valence-electron chi connectivity index (χ3n) is 3.91. The van der Waals surface area contributed by atoms with E-state index in [2.05, 4.69) is 41.0 Å². The van der Waals surface area contributed by atoms with Crippen LogP contribution in [-0.4, -0.2) is 50.2 Å². The number of benzene rings is 1. The van der Waals surface area contributed by atoms with E-state index in [0.717, 1.165) is 39.0 Å². The predicted octanol–water partition coefficient (Wildman–Crippen LogP) is 2.15. The Hall–Kier alpha value is -1.55. The minimum absolute atomic E-state index is 0.0806. The molecule has 4 heteroatoms. The Morgan fingerprint density at radius 3 is 2.40 bits per heavy atom. The van der Waals surface area contributed by atoms with Crippen molar-refractivity contribution in [3.63, 3.8) is 0 Å². The molecule has 2 rings (SSSR count). The zero-order chi connectivity index (χ0) is 14.4. The minimum atomic E-state index is -0.0972. The van der Waals surface area contributed by atoms with E-state index in [1.54, 1.807) is 0 Å². The third-order valence-corrected chi connectivity index (χ3v) is 3.91. The summed E-state index contributed by atoms with van der Waals surface area (Å²) >= 11 is 0. The van der Waals surface area contributed by atoms with Gasteiger partial charge in [0, 0.05) is 31.9 Å². The lowest BCUT2D eigenvalue weighted by molar-refractivity contribution is -0.147. The molecular formula is C16H24N2O2. The Kier molecular flexibility index (Phi) is 5.41. The van der Waals surface area contributed by atoms with Crippen molar-refractivity contribution < 1.29 is 9.53 Å². The summed E-state index contributed by atoms with van der Waals surface area (Å²) in [4.78, 5) is 16.5. The Morgan fingerprint density at radius 1 is 1.20 bits per heavy atom. The van der Waals surface area contributed by atoms with Crippen molar-refractivity contribution in [3.05, 3.63) is 30.3 Å². The summed E-state index contributed by atoms with van der Waals surface area (Å²) in [6.07, 6.45) is 1.87. The maximum atomic E-state index is 11.9. The fourth-order valence-electron chi connectivity index (χ4n) is 2.79. The number of nitrogens with zero attached hydrogens (tertiary/aromatic N) is 2. The molecule has 0 saturated carbocycles. The quantitative estimate of drug-likeness (QED) is 0.772. The molecule has 4 nitrogen and oxygen atoms in total. The second-order valence-electron chi connectivity index (χ2n) is 5.19. The number of ether oxygens (including phenoxy) is 1. The molecular weight excluding hydrogens is 252 g/mol. The van der Waals surface area contributed by atoms with Gasteiger partial charge >= 0.3 is 5.97 Å². The first-order valence-corrected chi connectivity index (χ1v) is 7.38. The monoisotopic (exact) mass is 276 g/mol. The summed E-state index contributed by atoms with van der Waals surface area (Å²) < 4.78 is 4.94. The van der Waals surface area contributed by atoms with Gasteiger partial charge in [-0.25, -0.2) is 0 Å².